The number of carbonyl (C=O) groups excluding carboxylic acids is 1. The monoisotopic (exact) mass is 349 g/mol. The maximum absolute atomic E-state index is 11.6. The zero-order valence-electron chi connectivity index (χ0n) is 14.9. The molecule has 0 aliphatic carbocycles. The van der Waals surface area contributed by atoms with Crippen molar-refractivity contribution in [2.24, 2.45) is 0 Å². The molecule has 1 aromatic heterocycles. The number of fused-ring (bicyclic) bond motifs is 1. The molecule has 0 radical (unpaired) electrons. The Bertz CT molecular complexity index is 901. The van der Waals surface area contributed by atoms with E-state index in [9.17, 15) is 4.79 Å². The highest BCUT2D eigenvalue weighted by atomic mass is 16.6. The molecule has 134 valence electrons. The van der Waals surface area contributed by atoms with E-state index in [1.54, 1.807) is 4.90 Å². The molecule has 1 aliphatic heterocycles. The summed E-state index contributed by atoms with van der Waals surface area (Å²) in [5, 5.41) is 4.88. The standard InChI is InChI=1S/C21H23N3O2/c1-15(16-6-8-18(9-7-16)24-12-13-26-21(24)25)22-11-10-17-14-23-20-5-3-2-4-19(17)20/h2-9,14-15,22-23H,10-13H2,1H3/t15-/m1/s1. The largest absolute Gasteiger partial charge is 0.447 e. The number of H-pyrrole nitrogens is 1. The number of hydrogen-bond donors (Lipinski definition) is 2. The average Bonchev–Trinajstić information content (AvgIpc) is 3.28. The van der Waals surface area contributed by atoms with Gasteiger partial charge in [-0.3, -0.25) is 4.90 Å². The lowest BCUT2D eigenvalue weighted by Gasteiger charge is -2.17. The van der Waals surface area contributed by atoms with Crippen LogP contribution < -0.4 is 10.2 Å². The van der Waals surface area contributed by atoms with Gasteiger partial charge in [0.25, 0.3) is 0 Å². The van der Waals surface area contributed by atoms with Crippen molar-refractivity contribution >= 4 is 22.7 Å². The fourth-order valence-corrected chi connectivity index (χ4v) is 3.45. The lowest BCUT2D eigenvalue weighted by atomic mass is 10.1. The van der Waals surface area contributed by atoms with E-state index in [-0.39, 0.29) is 12.1 Å². The van der Waals surface area contributed by atoms with Crippen molar-refractivity contribution < 1.29 is 9.53 Å². The van der Waals surface area contributed by atoms with Gasteiger partial charge in [-0.25, -0.2) is 4.79 Å². The van der Waals surface area contributed by atoms with Gasteiger partial charge in [0, 0.05) is 28.8 Å². The van der Waals surface area contributed by atoms with Crippen molar-refractivity contribution in [3.05, 3.63) is 65.9 Å². The highest BCUT2D eigenvalue weighted by Crippen LogP contribution is 2.22. The molecule has 2 aromatic carbocycles. The van der Waals surface area contributed by atoms with E-state index in [2.05, 4.69) is 59.8 Å². The third-order valence-electron chi connectivity index (χ3n) is 4.99. The first kappa shape index (κ1) is 16.7. The second-order valence-electron chi connectivity index (χ2n) is 6.64. The first-order valence-corrected chi connectivity index (χ1v) is 9.05. The quantitative estimate of drug-likeness (QED) is 0.707. The van der Waals surface area contributed by atoms with Crippen LogP contribution in [0.15, 0.2) is 54.7 Å². The second-order valence-corrected chi connectivity index (χ2v) is 6.64. The van der Waals surface area contributed by atoms with Crippen LogP contribution in [0.3, 0.4) is 0 Å². The number of aromatic amines is 1. The predicted octanol–water partition coefficient (Wildman–Crippen LogP) is 4.02. The summed E-state index contributed by atoms with van der Waals surface area (Å²) in [5.41, 5.74) is 4.62. The van der Waals surface area contributed by atoms with E-state index in [1.807, 2.05) is 12.1 Å². The third kappa shape index (κ3) is 3.30. The maximum atomic E-state index is 11.6. The van der Waals surface area contributed by atoms with Gasteiger partial charge in [-0.05, 0) is 49.2 Å². The molecule has 2 N–H and O–H groups in total. The molecule has 0 spiro atoms. The lowest BCUT2D eigenvalue weighted by molar-refractivity contribution is 0.181. The van der Waals surface area contributed by atoms with E-state index < -0.39 is 0 Å². The SMILES string of the molecule is C[C@@H](NCCc1c[nH]c2ccccc12)c1ccc(N2CCOC2=O)cc1. The van der Waals surface area contributed by atoms with Crippen LogP contribution in [0.4, 0.5) is 10.5 Å². The van der Waals surface area contributed by atoms with E-state index in [1.165, 1.54) is 22.0 Å². The van der Waals surface area contributed by atoms with E-state index >= 15 is 0 Å². The number of aromatic nitrogens is 1. The van der Waals surface area contributed by atoms with Crippen molar-refractivity contribution in [3.8, 4) is 0 Å². The van der Waals surface area contributed by atoms with Crippen LogP contribution in [-0.2, 0) is 11.2 Å². The fourth-order valence-electron chi connectivity index (χ4n) is 3.45. The van der Waals surface area contributed by atoms with Crippen molar-refractivity contribution in [2.45, 2.75) is 19.4 Å². The summed E-state index contributed by atoms with van der Waals surface area (Å²) in [5.74, 6) is 0. The topological polar surface area (TPSA) is 57.4 Å². The minimum absolute atomic E-state index is 0.250. The van der Waals surface area contributed by atoms with Crippen molar-refractivity contribution in [3.63, 3.8) is 0 Å². The van der Waals surface area contributed by atoms with Gasteiger partial charge in [-0.1, -0.05) is 30.3 Å². The number of carbonyl (C=O) groups is 1. The second kappa shape index (κ2) is 7.22. The summed E-state index contributed by atoms with van der Waals surface area (Å²) in [7, 11) is 0. The zero-order valence-corrected chi connectivity index (χ0v) is 14.9. The Balaban J connectivity index is 1.34. The van der Waals surface area contributed by atoms with E-state index in [0.717, 1.165) is 18.7 Å². The Labute approximate surface area is 153 Å². The van der Waals surface area contributed by atoms with Crippen LogP contribution in [-0.4, -0.2) is 30.8 Å². The molecule has 0 bridgehead atoms. The Morgan fingerprint density at radius 1 is 1.19 bits per heavy atom. The van der Waals surface area contributed by atoms with Crippen LogP contribution in [0.1, 0.15) is 24.1 Å². The fraction of sp³-hybridized carbons (Fsp3) is 0.286. The number of cyclic esters (lactones) is 1. The summed E-state index contributed by atoms with van der Waals surface area (Å²) in [6, 6.07) is 16.8. The first-order valence-electron chi connectivity index (χ1n) is 9.05. The van der Waals surface area contributed by atoms with Crippen LogP contribution in [0.25, 0.3) is 10.9 Å². The molecule has 1 amide bonds. The van der Waals surface area contributed by atoms with Crippen LogP contribution in [0.5, 0.6) is 0 Å². The molecule has 5 nitrogen and oxygen atoms in total. The number of anilines is 1. The smallest absolute Gasteiger partial charge is 0.414 e. The van der Waals surface area contributed by atoms with E-state index in [0.29, 0.717) is 13.2 Å². The van der Waals surface area contributed by atoms with Crippen LogP contribution in [0, 0.1) is 0 Å². The Hall–Kier alpha value is -2.79. The molecule has 2 heterocycles. The number of amides is 1. The van der Waals surface area contributed by atoms with Gasteiger partial charge in [0.1, 0.15) is 6.61 Å². The zero-order chi connectivity index (χ0) is 17.9. The van der Waals surface area contributed by atoms with Crippen molar-refractivity contribution in [2.75, 3.05) is 24.6 Å². The van der Waals surface area contributed by atoms with Crippen molar-refractivity contribution in [1.82, 2.24) is 10.3 Å². The number of nitrogens with zero attached hydrogens (tertiary/aromatic N) is 1. The van der Waals surface area contributed by atoms with Gasteiger partial charge in [0.2, 0.25) is 0 Å². The van der Waals surface area contributed by atoms with Gasteiger partial charge in [0.05, 0.1) is 6.54 Å². The summed E-state index contributed by atoms with van der Waals surface area (Å²) in [6.07, 6.45) is 2.81. The first-order chi connectivity index (χ1) is 12.7. The predicted molar refractivity (Wildman–Crippen MR) is 104 cm³/mol. The normalized spacial score (nSPS) is 15.4. The molecular formula is C21H23N3O2. The number of benzene rings is 2. The summed E-state index contributed by atoms with van der Waals surface area (Å²) in [6.45, 7) is 4.15. The molecule has 1 atom stereocenters. The van der Waals surface area contributed by atoms with Gasteiger partial charge >= 0.3 is 6.09 Å². The molecule has 1 saturated heterocycles. The summed E-state index contributed by atoms with van der Waals surface area (Å²) >= 11 is 0. The number of rotatable bonds is 6. The van der Waals surface area contributed by atoms with Gasteiger partial charge in [-0.2, -0.15) is 0 Å². The number of hydrogen-bond acceptors (Lipinski definition) is 3. The minimum Gasteiger partial charge on any atom is -0.447 e. The number of nitrogens with one attached hydrogen (secondary N) is 2. The Kier molecular flexibility index (Phi) is 4.63. The molecule has 26 heavy (non-hydrogen) atoms. The van der Waals surface area contributed by atoms with Gasteiger partial charge in [-0.15, -0.1) is 0 Å². The molecule has 0 saturated carbocycles. The average molecular weight is 349 g/mol. The van der Waals surface area contributed by atoms with Crippen LogP contribution >= 0.6 is 0 Å². The van der Waals surface area contributed by atoms with Gasteiger partial charge in [0.15, 0.2) is 0 Å². The van der Waals surface area contributed by atoms with Gasteiger partial charge < -0.3 is 15.0 Å². The maximum Gasteiger partial charge on any atom is 0.414 e. The highest BCUT2D eigenvalue weighted by molar-refractivity contribution is 5.89. The minimum atomic E-state index is -0.261. The molecular weight excluding hydrogens is 326 g/mol. The molecule has 5 heteroatoms. The Morgan fingerprint density at radius 2 is 2.00 bits per heavy atom. The summed E-state index contributed by atoms with van der Waals surface area (Å²) in [4.78, 5) is 16.6. The Morgan fingerprint density at radius 3 is 2.77 bits per heavy atom. The molecule has 4 rings (SSSR count). The highest BCUT2D eigenvalue weighted by Gasteiger charge is 2.23. The van der Waals surface area contributed by atoms with E-state index in [4.69, 9.17) is 4.74 Å². The third-order valence-corrected chi connectivity index (χ3v) is 4.99. The molecule has 1 aliphatic rings. The van der Waals surface area contributed by atoms with Crippen LogP contribution in [0.2, 0.25) is 0 Å². The summed E-state index contributed by atoms with van der Waals surface area (Å²) < 4.78 is 4.99. The lowest BCUT2D eigenvalue weighted by Crippen LogP contribution is -2.24. The number of ether oxygens (including phenoxy) is 1. The molecule has 0 unspecified atom stereocenters. The number of para-hydroxylation sites is 1. The molecule has 1 fully saturated rings. The van der Waals surface area contributed by atoms with Crippen molar-refractivity contribution in [1.29, 1.82) is 0 Å². The molecule has 3 aromatic rings.